The van der Waals surface area contributed by atoms with Crippen LogP contribution in [-0.2, 0) is 0 Å². The summed E-state index contributed by atoms with van der Waals surface area (Å²) in [6.45, 7) is 4.54. The molecule has 1 heterocycles. The van der Waals surface area contributed by atoms with E-state index in [9.17, 15) is 0 Å². The molecule has 2 rings (SSSR count). The van der Waals surface area contributed by atoms with Gasteiger partial charge in [-0.2, -0.15) is 0 Å². The van der Waals surface area contributed by atoms with Crippen molar-refractivity contribution in [1.29, 1.82) is 0 Å². The molecule has 0 aliphatic rings. The summed E-state index contributed by atoms with van der Waals surface area (Å²) in [6.07, 6.45) is 1.23. The highest BCUT2D eigenvalue weighted by molar-refractivity contribution is 7.19. The summed E-state index contributed by atoms with van der Waals surface area (Å²) < 4.78 is 1.41. The molecule has 68 valence electrons. The van der Waals surface area contributed by atoms with Crippen LogP contribution < -0.4 is 0 Å². The molecule has 1 heteroatoms. The summed E-state index contributed by atoms with van der Waals surface area (Å²) in [5.41, 5.74) is 0. The van der Waals surface area contributed by atoms with Gasteiger partial charge in [0.15, 0.2) is 0 Å². The van der Waals surface area contributed by atoms with E-state index >= 15 is 0 Å². The number of thiophene rings is 1. The van der Waals surface area contributed by atoms with Crippen LogP contribution in [0.25, 0.3) is 10.1 Å². The van der Waals surface area contributed by atoms with Crippen LogP contribution in [0.4, 0.5) is 0 Å². The van der Waals surface area contributed by atoms with E-state index in [4.69, 9.17) is 0 Å². The van der Waals surface area contributed by atoms with Crippen molar-refractivity contribution in [2.24, 2.45) is 0 Å². The highest BCUT2D eigenvalue weighted by Gasteiger charge is 2.06. The Morgan fingerprint density at radius 1 is 1.31 bits per heavy atom. The molecule has 13 heavy (non-hydrogen) atoms. The van der Waals surface area contributed by atoms with E-state index in [0.29, 0.717) is 5.92 Å². The lowest BCUT2D eigenvalue weighted by molar-refractivity contribution is 0.748. The summed E-state index contributed by atoms with van der Waals surface area (Å²) in [5.74, 6) is 0.706. The van der Waals surface area contributed by atoms with Gasteiger partial charge in [0.05, 0.1) is 0 Å². The lowest BCUT2D eigenvalue weighted by atomic mass is 10.1. The molecule has 0 aliphatic carbocycles. The van der Waals surface area contributed by atoms with Gasteiger partial charge in [-0.3, -0.25) is 0 Å². The molecule has 1 aromatic heterocycles. The predicted molar refractivity (Wildman–Crippen MR) is 60.5 cm³/mol. The van der Waals surface area contributed by atoms with Crippen LogP contribution in [-0.4, -0.2) is 0 Å². The fraction of sp³-hybridized carbons (Fsp3) is 0.333. The fourth-order valence-corrected chi connectivity index (χ4v) is 2.65. The van der Waals surface area contributed by atoms with E-state index in [1.54, 1.807) is 0 Å². The lowest BCUT2D eigenvalue weighted by Crippen LogP contribution is -1.84. The third-order valence-corrected chi connectivity index (χ3v) is 3.89. The number of benzene rings is 1. The van der Waals surface area contributed by atoms with Crippen molar-refractivity contribution in [3.05, 3.63) is 35.2 Å². The smallest absolute Gasteiger partial charge is 0.0345 e. The van der Waals surface area contributed by atoms with Crippen molar-refractivity contribution < 1.29 is 0 Å². The highest BCUT2D eigenvalue weighted by Crippen LogP contribution is 2.31. The third kappa shape index (κ3) is 1.61. The summed E-state index contributed by atoms with van der Waals surface area (Å²) in [4.78, 5) is 1.52. The molecule has 0 N–H and O–H groups in total. The van der Waals surface area contributed by atoms with Crippen molar-refractivity contribution in [2.45, 2.75) is 26.2 Å². The monoisotopic (exact) mass is 190 g/mol. The summed E-state index contributed by atoms with van der Waals surface area (Å²) in [6, 6.07) is 10.9. The molecule has 1 aromatic carbocycles. The van der Waals surface area contributed by atoms with Gasteiger partial charge in [-0.15, -0.1) is 11.3 Å². The minimum atomic E-state index is 0.706. The Morgan fingerprint density at radius 2 is 2.08 bits per heavy atom. The molecular formula is C12H14S. The average Bonchev–Trinajstić information content (AvgIpc) is 2.59. The van der Waals surface area contributed by atoms with E-state index in [0.717, 1.165) is 0 Å². The Morgan fingerprint density at radius 3 is 2.77 bits per heavy atom. The van der Waals surface area contributed by atoms with Gasteiger partial charge >= 0.3 is 0 Å². The Balaban J connectivity index is 2.49. The summed E-state index contributed by atoms with van der Waals surface area (Å²) >= 11 is 1.93. The number of rotatable bonds is 2. The number of hydrogen-bond donors (Lipinski definition) is 0. The molecule has 0 saturated carbocycles. The van der Waals surface area contributed by atoms with Crippen molar-refractivity contribution in [2.75, 3.05) is 0 Å². The van der Waals surface area contributed by atoms with Crippen LogP contribution in [0.3, 0.4) is 0 Å². The van der Waals surface area contributed by atoms with E-state index in [-0.39, 0.29) is 0 Å². The maximum atomic E-state index is 2.33. The molecule has 1 unspecified atom stereocenters. The van der Waals surface area contributed by atoms with Gasteiger partial charge in [0.25, 0.3) is 0 Å². The SMILES string of the molecule is CCC(C)c1cc2ccccc2s1. The predicted octanol–water partition coefficient (Wildman–Crippen LogP) is 4.41. The van der Waals surface area contributed by atoms with Crippen LogP contribution in [0.1, 0.15) is 31.1 Å². The van der Waals surface area contributed by atoms with Gasteiger partial charge in [0.1, 0.15) is 0 Å². The van der Waals surface area contributed by atoms with Crippen LogP contribution in [0, 0.1) is 0 Å². The second kappa shape index (κ2) is 3.51. The molecule has 2 aromatic rings. The molecule has 0 nitrogen and oxygen atoms in total. The minimum Gasteiger partial charge on any atom is -0.140 e. The minimum absolute atomic E-state index is 0.706. The first-order valence-electron chi connectivity index (χ1n) is 4.79. The maximum Gasteiger partial charge on any atom is 0.0345 e. The Bertz CT molecular complexity index is 367. The normalized spacial score (nSPS) is 13.4. The second-order valence-electron chi connectivity index (χ2n) is 3.50. The molecule has 0 radical (unpaired) electrons. The zero-order valence-electron chi connectivity index (χ0n) is 8.08. The fourth-order valence-electron chi connectivity index (χ4n) is 1.45. The van der Waals surface area contributed by atoms with Gasteiger partial charge in [-0.05, 0) is 29.9 Å². The molecule has 0 fully saturated rings. The van der Waals surface area contributed by atoms with Crippen LogP contribution in [0.2, 0.25) is 0 Å². The first-order valence-corrected chi connectivity index (χ1v) is 5.61. The third-order valence-electron chi connectivity index (χ3n) is 2.54. The van der Waals surface area contributed by atoms with Crippen molar-refractivity contribution in [3.8, 4) is 0 Å². The number of fused-ring (bicyclic) bond motifs is 1. The van der Waals surface area contributed by atoms with E-state index in [1.807, 2.05) is 11.3 Å². The average molecular weight is 190 g/mol. The second-order valence-corrected chi connectivity index (χ2v) is 4.61. The van der Waals surface area contributed by atoms with Crippen molar-refractivity contribution >= 4 is 21.4 Å². The first kappa shape index (κ1) is 8.76. The van der Waals surface area contributed by atoms with Crippen LogP contribution in [0.15, 0.2) is 30.3 Å². The quantitative estimate of drug-likeness (QED) is 0.657. The molecule has 0 bridgehead atoms. The highest BCUT2D eigenvalue weighted by atomic mass is 32.1. The molecule has 0 aliphatic heterocycles. The first-order chi connectivity index (χ1) is 6.31. The molecule has 1 atom stereocenters. The van der Waals surface area contributed by atoms with Crippen LogP contribution >= 0.6 is 11.3 Å². The zero-order valence-corrected chi connectivity index (χ0v) is 8.90. The Labute approximate surface area is 83.2 Å². The van der Waals surface area contributed by atoms with E-state index < -0.39 is 0 Å². The van der Waals surface area contributed by atoms with Crippen molar-refractivity contribution in [3.63, 3.8) is 0 Å². The molecular weight excluding hydrogens is 176 g/mol. The standard InChI is InChI=1S/C12H14S/c1-3-9(2)12-8-10-6-4-5-7-11(10)13-12/h4-9H,3H2,1-2H3. The largest absolute Gasteiger partial charge is 0.140 e. The molecule has 0 saturated heterocycles. The number of hydrogen-bond acceptors (Lipinski definition) is 1. The van der Waals surface area contributed by atoms with Gasteiger partial charge in [-0.25, -0.2) is 0 Å². The van der Waals surface area contributed by atoms with Gasteiger partial charge in [0.2, 0.25) is 0 Å². The maximum absolute atomic E-state index is 2.33. The lowest BCUT2D eigenvalue weighted by Gasteiger charge is -2.02. The zero-order chi connectivity index (χ0) is 9.26. The van der Waals surface area contributed by atoms with E-state index in [2.05, 4.69) is 44.2 Å². The summed E-state index contributed by atoms with van der Waals surface area (Å²) in [7, 11) is 0. The Kier molecular flexibility index (Phi) is 2.36. The van der Waals surface area contributed by atoms with Gasteiger partial charge in [0, 0.05) is 9.58 Å². The Hall–Kier alpha value is -0.820. The molecule has 0 spiro atoms. The topological polar surface area (TPSA) is 0 Å². The molecule has 0 amide bonds. The van der Waals surface area contributed by atoms with Crippen molar-refractivity contribution in [1.82, 2.24) is 0 Å². The summed E-state index contributed by atoms with van der Waals surface area (Å²) in [5, 5.41) is 1.39. The van der Waals surface area contributed by atoms with Gasteiger partial charge in [-0.1, -0.05) is 32.0 Å². The van der Waals surface area contributed by atoms with Crippen LogP contribution in [0.5, 0.6) is 0 Å². The van der Waals surface area contributed by atoms with E-state index in [1.165, 1.54) is 21.4 Å². The van der Waals surface area contributed by atoms with Gasteiger partial charge < -0.3 is 0 Å².